The lowest BCUT2D eigenvalue weighted by Crippen LogP contribution is -2.26. The van der Waals surface area contributed by atoms with E-state index in [1.165, 1.54) is 12.1 Å². The van der Waals surface area contributed by atoms with E-state index in [0.29, 0.717) is 18.9 Å². The van der Waals surface area contributed by atoms with Gasteiger partial charge in [0.05, 0.1) is 0 Å². The Morgan fingerprint density at radius 1 is 1.41 bits per heavy atom. The highest BCUT2D eigenvalue weighted by atomic mass is 19.1. The van der Waals surface area contributed by atoms with Crippen molar-refractivity contribution < 1.29 is 9.18 Å². The van der Waals surface area contributed by atoms with Crippen LogP contribution < -0.4 is 0 Å². The molecule has 1 aromatic rings. The molecule has 0 heterocycles. The van der Waals surface area contributed by atoms with Gasteiger partial charge in [0.25, 0.3) is 0 Å². The summed E-state index contributed by atoms with van der Waals surface area (Å²) in [6.45, 7) is 4.66. The molecule has 1 amide bonds. The quantitative estimate of drug-likeness (QED) is 0.770. The van der Waals surface area contributed by atoms with Crippen molar-refractivity contribution in [2.45, 2.75) is 33.2 Å². The van der Waals surface area contributed by atoms with Gasteiger partial charge in [-0.1, -0.05) is 26.0 Å². The molecule has 0 atom stereocenters. The predicted molar refractivity (Wildman–Crippen MR) is 66.9 cm³/mol. The molecule has 0 spiro atoms. The maximum Gasteiger partial charge on any atom is 0.222 e. The van der Waals surface area contributed by atoms with Crippen LogP contribution in [0.3, 0.4) is 0 Å². The van der Waals surface area contributed by atoms with Crippen LogP contribution in [0.25, 0.3) is 0 Å². The molecular formula is C14H20FNO. The maximum absolute atomic E-state index is 13.0. The molecule has 0 unspecified atom stereocenters. The van der Waals surface area contributed by atoms with Crippen molar-refractivity contribution in [2.24, 2.45) is 5.92 Å². The molecule has 2 nitrogen and oxygen atoms in total. The summed E-state index contributed by atoms with van der Waals surface area (Å²) in [5.41, 5.74) is 0.824. The van der Waals surface area contributed by atoms with Crippen molar-refractivity contribution in [1.29, 1.82) is 0 Å². The highest BCUT2D eigenvalue weighted by molar-refractivity contribution is 5.75. The first-order valence-electron chi connectivity index (χ1n) is 5.97. The van der Waals surface area contributed by atoms with Crippen LogP contribution in [0.15, 0.2) is 24.3 Å². The molecule has 1 rings (SSSR count). The first-order valence-corrected chi connectivity index (χ1v) is 5.97. The SMILES string of the molecule is CC(C)CCC(=O)N(C)Cc1cccc(F)c1. The van der Waals surface area contributed by atoms with Gasteiger partial charge < -0.3 is 4.90 Å². The number of rotatable bonds is 5. The summed E-state index contributed by atoms with van der Waals surface area (Å²) < 4.78 is 13.0. The molecule has 0 saturated carbocycles. The lowest BCUT2D eigenvalue weighted by atomic mass is 10.1. The third-order valence-corrected chi connectivity index (χ3v) is 2.67. The first-order chi connectivity index (χ1) is 7.99. The zero-order valence-electron chi connectivity index (χ0n) is 10.7. The van der Waals surface area contributed by atoms with Crippen molar-refractivity contribution in [2.75, 3.05) is 7.05 Å². The van der Waals surface area contributed by atoms with E-state index < -0.39 is 0 Å². The van der Waals surface area contributed by atoms with Crippen LogP contribution in [-0.2, 0) is 11.3 Å². The monoisotopic (exact) mass is 237 g/mol. The standard InChI is InChI=1S/C14H20FNO/c1-11(2)7-8-14(17)16(3)10-12-5-4-6-13(15)9-12/h4-6,9,11H,7-8,10H2,1-3H3. The summed E-state index contributed by atoms with van der Waals surface area (Å²) in [5.74, 6) is 0.384. The van der Waals surface area contributed by atoms with Gasteiger partial charge in [-0.15, -0.1) is 0 Å². The summed E-state index contributed by atoms with van der Waals surface area (Å²) in [7, 11) is 1.76. The van der Waals surface area contributed by atoms with E-state index in [4.69, 9.17) is 0 Å². The Morgan fingerprint density at radius 3 is 2.71 bits per heavy atom. The van der Waals surface area contributed by atoms with Gasteiger partial charge in [0, 0.05) is 20.0 Å². The Morgan fingerprint density at radius 2 is 2.12 bits per heavy atom. The molecule has 17 heavy (non-hydrogen) atoms. The minimum Gasteiger partial charge on any atom is -0.341 e. The molecule has 94 valence electrons. The van der Waals surface area contributed by atoms with Gasteiger partial charge >= 0.3 is 0 Å². The van der Waals surface area contributed by atoms with Crippen molar-refractivity contribution >= 4 is 5.91 Å². The molecule has 0 aliphatic rings. The molecule has 1 aromatic carbocycles. The zero-order chi connectivity index (χ0) is 12.8. The highest BCUT2D eigenvalue weighted by Crippen LogP contribution is 2.09. The van der Waals surface area contributed by atoms with Crippen LogP contribution in [0, 0.1) is 11.7 Å². The molecule has 0 aliphatic heterocycles. The number of hydrogen-bond donors (Lipinski definition) is 0. The number of nitrogens with zero attached hydrogens (tertiary/aromatic N) is 1. The van der Waals surface area contributed by atoms with E-state index in [1.807, 2.05) is 6.07 Å². The van der Waals surface area contributed by atoms with Gasteiger partial charge in [0.15, 0.2) is 0 Å². The Bertz CT molecular complexity index is 376. The molecular weight excluding hydrogens is 217 g/mol. The van der Waals surface area contributed by atoms with Crippen molar-refractivity contribution in [3.8, 4) is 0 Å². The van der Waals surface area contributed by atoms with Gasteiger partial charge in [-0.3, -0.25) is 4.79 Å². The Kier molecular flexibility index (Phi) is 5.13. The second kappa shape index (κ2) is 6.38. The van der Waals surface area contributed by atoms with Crippen molar-refractivity contribution in [3.63, 3.8) is 0 Å². The Hall–Kier alpha value is -1.38. The summed E-state index contributed by atoms with van der Waals surface area (Å²) in [4.78, 5) is 13.4. The molecule has 0 saturated heterocycles. The average molecular weight is 237 g/mol. The molecule has 3 heteroatoms. The fourth-order valence-corrected chi connectivity index (χ4v) is 1.60. The number of amides is 1. The molecule has 0 N–H and O–H groups in total. The number of carbonyl (C=O) groups is 1. The van der Waals surface area contributed by atoms with Gasteiger partial charge in [0.2, 0.25) is 5.91 Å². The Balaban J connectivity index is 2.48. The largest absolute Gasteiger partial charge is 0.341 e. The summed E-state index contributed by atoms with van der Waals surface area (Å²) in [6.07, 6.45) is 1.45. The van der Waals surface area contributed by atoms with Crippen LogP contribution in [-0.4, -0.2) is 17.9 Å². The van der Waals surface area contributed by atoms with Crippen LogP contribution in [0.1, 0.15) is 32.3 Å². The van der Waals surface area contributed by atoms with Crippen molar-refractivity contribution in [1.82, 2.24) is 4.90 Å². The second-order valence-corrected chi connectivity index (χ2v) is 4.81. The third kappa shape index (κ3) is 4.98. The van der Waals surface area contributed by atoms with E-state index in [0.717, 1.165) is 12.0 Å². The first kappa shape index (κ1) is 13.7. The van der Waals surface area contributed by atoms with Crippen LogP contribution in [0.4, 0.5) is 4.39 Å². The number of hydrogen-bond acceptors (Lipinski definition) is 1. The topological polar surface area (TPSA) is 20.3 Å². The lowest BCUT2D eigenvalue weighted by Gasteiger charge is -2.17. The van der Waals surface area contributed by atoms with E-state index in [-0.39, 0.29) is 11.7 Å². The van der Waals surface area contributed by atoms with E-state index in [9.17, 15) is 9.18 Å². The fourth-order valence-electron chi connectivity index (χ4n) is 1.60. The number of halogens is 1. The molecule has 0 aliphatic carbocycles. The third-order valence-electron chi connectivity index (χ3n) is 2.67. The number of benzene rings is 1. The minimum absolute atomic E-state index is 0.114. The summed E-state index contributed by atoms with van der Waals surface area (Å²) >= 11 is 0. The molecule has 0 aromatic heterocycles. The zero-order valence-corrected chi connectivity index (χ0v) is 10.7. The lowest BCUT2D eigenvalue weighted by molar-refractivity contribution is -0.130. The fraction of sp³-hybridized carbons (Fsp3) is 0.500. The normalized spacial score (nSPS) is 10.6. The second-order valence-electron chi connectivity index (χ2n) is 4.81. The van der Waals surface area contributed by atoms with Crippen LogP contribution >= 0.6 is 0 Å². The molecule has 0 bridgehead atoms. The van der Waals surface area contributed by atoms with Gasteiger partial charge in [-0.25, -0.2) is 4.39 Å². The smallest absolute Gasteiger partial charge is 0.222 e. The van der Waals surface area contributed by atoms with E-state index in [2.05, 4.69) is 13.8 Å². The highest BCUT2D eigenvalue weighted by Gasteiger charge is 2.10. The Labute approximate surface area is 102 Å². The maximum atomic E-state index is 13.0. The van der Waals surface area contributed by atoms with Crippen LogP contribution in [0.2, 0.25) is 0 Å². The van der Waals surface area contributed by atoms with Crippen LogP contribution in [0.5, 0.6) is 0 Å². The number of carbonyl (C=O) groups excluding carboxylic acids is 1. The van der Waals surface area contributed by atoms with E-state index >= 15 is 0 Å². The van der Waals surface area contributed by atoms with Crippen molar-refractivity contribution in [3.05, 3.63) is 35.6 Å². The summed E-state index contributed by atoms with van der Waals surface area (Å²) in [6, 6.07) is 6.36. The van der Waals surface area contributed by atoms with Gasteiger partial charge in [0.1, 0.15) is 5.82 Å². The van der Waals surface area contributed by atoms with E-state index in [1.54, 1.807) is 18.0 Å². The van der Waals surface area contributed by atoms with Gasteiger partial charge in [-0.2, -0.15) is 0 Å². The molecule has 0 fully saturated rings. The minimum atomic E-state index is -0.259. The predicted octanol–water partition coefficient (Wildman–Crippen LogP) is 3.22. The van der Waals surface area contributed by atoms with Gasteiger partial charge in [-0.05, 0) is 30.0 Å². The summed E-state index contributed by atoms with van der Waals surface area (Å²) in [5, 5.41) is 0. The molecule has 0 radical (unpaired) electrons. The average Bonchev–Trinajstić information content (AvgIpc) is 2.25.